The largest absolute Gasteiger partial charge is 0.349 e. The zero-order valence-corrected chi connectivity index (χ0v) is 14.8. The van der Waals surface area contributed by atoms with Gasteiger partial charge in [-0.25, -0.2) is 4.98 Å². The molecule has 0 spiro atoms. The number of benzene rings is 1. The van der Waals surface area contributed by atoms with Crippen LogP contribution in [-0.2, 0) is 11.3 Å². The van der Waals surface area contributed by atoms with Crippen LogP contribution < -0.4 is 11.1 Å². The zero-order chi connectivity index (χ0) is 14.9. The maximum absolute atomic E-state index is 12.4. The van der Waals surface area contributed by atoms with Crippen LogP contribution in [-0.4, -0.2) is 21.4 Å². The van der Waals surface area contributed by atoms with E-state index in [9.17, 15) is 4.79 Å². The van der Waals surface area contributed by atoms with Crippen molar-refractivity contribution in [3.8, 4) is 0 Å². The number of para-hydroxylation sites is 2. The third-order valence-corrected chi connectivity index (χ3v) is 4.44. The highest BCUT2D eigenvalue weighted by Crippen LogP contribution is 2.31. The Morgan fingerprint density at radius 3 is 2.83 bits per heavy atom. The van der Waals surface area contributed by atoms with Crippen molar-refractivity contribution in [1.29, 1.82) is 0 Å². The number of imidazole rings is 1. The quantitative estimate of drug-likeness (QED) is 0.788. The molecule has 1 aliphatic carbocycles. The summed E-state index contributed by atoms with van der Waals surface area (Å²) in [6.07, 6.45) is 3.98. The smallest absolute Gasteiger partial charge is 0.225 e. The van der Waals surface area contributed by atoms with Crippen molar-refractivity contribution in [3.05, 3.63) is 30.1 Å². The molecule has 2 atom stereocenters. The van der Waals surface area contributed by atoms with Crippen LogP contribution in [0.15, 0.2) is 24.3 Å². The van der Waals surface area contributed by atoms with E-state index in [0.29, 0.717) is 6.54 Å². The van der Waals surface area contributed by atoms with Crippen LogP contribution >= 0.6 is 24.8 Å². The third kappa shape index (κ3) is 4.37. The summed E-state index contributed by atoms with van der Waals surface area (Å²) >= 11 is 0. The van der Waals surface area contributed by atoms with Gasteiger partial charge in [-0.2, -0.15) is 0 Å². The second-order valence-electron chi connectivity index (χ2n) is 6.22. The van der Waals surface area contributed by atoms with Gasteiger partial charge in [0.15, 0.2) is 0 Å². The number of nitrogens with one attached hydrogen (secondary N) is 2. The normalized spacial score (nSPS) is 23.7. The van der Waals surface area contributed by atoms with Gasteiger partial charge < -0.3 is 16.0 Å². The molecule has 128 valence electrons. The number of halogens is 2. The summed E-state index contributed by atoms with van der Waals surface area (Å²) in [4.78, 5) is 20.1. The van der Waals surface area contributed by atoms with Gasteiger partial charge in [-0.05, 0) is 31.9 Å². The molecular weight excluding hydrogens is 335 g/mol. The van der Waals surface area contributed by atoms with E-state index in [1.165, 1.54) is 0 Å². The summed E-state index contributed by atoms with van der Waals surface area (Å²) in [5.74, 6) is 0.717. The molecule has 1 saturated carbocycles. The first-order valence-corrected chi connectivity index (χ1v) is 7.56. The fraction of sp³-hybridized carbons (Fsp3) is 0.500. The highest BCUT2D eigenvalue weighted by Gasteiger charge is 2.37. The average Bonchev–Trinajstić information content (AvgIpc) is 2.87. The van der Waals surface area contributed by atoms with Crippen LogP contribution in [0.4, 0.5) is 0 Å². The molecule has 1 aliphatic rings. The number of carbonyl (C=O) groups is 1. The van der Waals surface area contributed by atoms with Crippen molar-refractivity contribution < 1.29 is 4.79 Å². The molecule has 0 saturated heterocycles. The summed E-state index contributed by atoms with van der Waals surface area (Å²) in [6.45, 7) is 2.40. The monoisotopic (exact) mass is 358 g/mol. The Kier molecular flexibility index (Phi) is 6.86. The van der Waals surface area contributed by atoms with Crippen molar-refractivity contribution in [2.75, 3.05) is 0 Å². The molecular formula is C16H24Cl2N4O. The molecule has 4 N–H and O–H groups in total. The first kappa shape index (κ1) is 19.7. The summed E-state index contributed by atoms with van der Waals surface area (Å²) in [7, 11) is 0. The van der Waals surface area contributed by atoms with Crippen LogP contribution in [0.5, 0.6) is 0 Å². The first-order valence-electron chi connectivity index (χ1n) is 7.56. The van der Waals surface area contributed by atoms with Crippen molar-refractivity contribution in [2.45, 2.75) is 44.7 Å². The van der Waals surface area contributed by atoms with Gasteiger partial charge in [-0.1, -0.05) is 25.0 Å². The number of nitrogens with zero attached hydrogens (tertiary/aromatic N) is 1. The Morgan fingerprint density at radius 1 is 1.39 bits per heavy atom. The lowest BCUT2D eigenvalue weighted by atomic mass is 9.74. The van der Waals surface area contributed by atoms with Crippen LogP contribution in [0, 0.1) is 5.92 Å². The number of carbonyl (C=O) groups excluding carboxylic acids is 1. The molecule has 2 aromatic rings. The summed E-state index contributed by atoms with van der Waals surface area (Å²) in [5, 5.41) is 2.97. The van der Waals surface area contributed by atoms with Crippen LogP contribution in [0.1, 0.15) is 38.4 Å². The van der Waals surface area contributed by atoms with Crippen molar-refractivity contribution in [3.63, 3.8) is 0 Å². The maximum Gasteiger partial charge on any atom is 0.225 e. The number of rotatable bonds is 3. The van der Waals surface area contributed by atoms with Crippen molar-refractivity contribution in [1.82, 2.24) is 15.3 Å². The zero-order valence-electron chi connectivity index (χ0n) is 13.2. The van der Waals surface area contributed by atoms with Gasteiger partial charge in [0.25, 0.3) is 0 Å². The summed E-state index contributed by atoms with van der Waals surface area (Å²) in [6, 6.07) is 7.85. The molecule has 0 bridgehead atoms. The first-order chi connectivity index (χ1) is 10.1. The fourth-order valence-electron chi connectivity index (χ4n) is 3.17. The fourth-order valence-corrected chi connectivity index (χ4v) is 3.17. The Morgan fingerprint density at radius 2 is 2.13 bits per heavy atom. The number of hydrogen-bond acceptors (Lipinski definition) is 3. The number of amides is 1. The molecule has 1 aromatic carbocycles. The molecule has 1 amide bonds. The molecule has 2 unspecified atom stereocenters. The van der Waals surface area contributed by atoms with Gasteiger partial charge in [-0.15, -0.1) is 24.8 Å². The van der Waals surface area contributed by atoms with Gasteiger partial charge in [0.2, 0.25) is 5.91 Å². The number of aromatic nitrogens is 2. The molecule has 0 aliphatic heterocycles. The Hall–Kier alpha value is -1.30. The minimum atomic E-state index is -0.393. The standard InChI is InChI=1S/C16H22N4O.2ClH/c1-16(17)9-5-4-6-11(16)15(21)18-10-14-19-12-7-2-3-8-13(12)20-14;;/h2-3,7-8,11H,4-6,9-10,17H2,1H3,(H,18,21)(H,19,20);2*1H. The molecule has 0 radical (unpaired) electrons. The van der Waals surface area contributed by atoms with Crippen LogP contribution in [0.25, 0.3) is 11.0 Å². The molecule has 1 heterocycles. The second-order valence-corrected chi connectivity index (χ2v) is 6.22. The minimum Gasteiger partial charge on any atom is -0.349 e. The number of nitrogens with two attached hydrogens (primary N) is 1. The molecule has 1 fully saturated rings. The number of aromatic amines is 1. The topological polar surface area (TPSA) is 83.8 Å². The maximum atomic E-state index is 12.4. The predicted molar refractivity (Wildman–Crippen MR) is 97.0 cm³/mol. The van der Waals surface area contributed by atoms with E-state index in [0.717, 1.165) is 42.5 Å². The second kappa shape index (κ2) is 7.99. The van der Waals surface area contributed by atoms with Crippen molar-refractivity contribution >= 4 is 41.8 Å². The van der Waals surface area contributed by atoms with E-state index in [1.54, 1.807) is 0 Å². The SMILES string of the molecule is CC1(N)CCCCC1C(=O)NCc1nc2ccccc2[nH]1.Cl.Cl. The van der Waals surface area contributed by atoms with E-state index in [-0.39, 0.29) is 36.6 Å². The molecule has 7 heteroatoms. The lowest BCUT2D eigenvalue weighted by Crippen LogP contribution is -2.52. The molecule has 3 rings (SSSR count). The summed E-state index contributed by atoms with van der Waals surface area (Å²) in [5.41, 5.74) is 7.78. The van der Waals surface area contributed by atoms with Crippen molar-refractivity contribution in [2.24, 2.45) is 11.7 Å². The van der Waals surface area contributed by atoms with Gasteiger partial charge >= 0.3 is 0 Å². The number of hydrogen-bond donors (Lipinski definition) is 3. The predicted octanol–water partition coefficient (Wildman–Crippen LogP) is 2.93. The van der Waals surface area contributed by atoms with E-state index in [4.69, 9.17) is 5.73 Å². The van der Waals surface area contributed by atoms with Gasteiger partial charge in [0.1, 0.15) is 5.82 Å². The Balaban J connectivity index is 0.00000132. The van der Waals surface area contributed by atoms with E-state index in [2.05, 4.69) is 15.3 Å². The molecule has 5 nitrogen and oxygen atoms in total. The van der Waals surface area contributed by atoms with Gasteiger partial charge in [0, 0.05) is 5.54 Å². The van der Waals surface area contributed by atoms with Crippen LogP contribution in [0.2, 0.25) is 0 Å². The highest BCUT2D eigenvalue weighted by atomic mass is 35.5. The Labute approximate surface area is 148 Å². The summed E-state index contributed by atoms with van der Waals surface area (Å²) < 4.78 is 0. The lowest BCUT2D eigenvalue weighted by molar-refractivity contribution is -0.128. The van der Waals surface area contributed by atoms with Crippen LogP contribution in [0.3, 0.4) is 0 Å². The highest BCUT2D eigenvalue weighted by molar-refractivity contribution is 5.85. The van der Waals surface area contributed by atoms with E-state index >= 15 is 0 Å². The number of fused-ring (bicyclic) bond motifs is 1. The molecule has 23 heavy (non-hydrogen) atoms. The van der Waals surface area contributed by atoms with E-state index < -0.39 is 5.54 Å². The average molecular weight is 359 g/mol. The minimum absolute atomic E-state index is 0. The lowest BCUT2D eigenvalue weighted by Gasteiger charge is -2.37. The molecule has 1 aromatic heterocycles. The van der Waals surface area contributed by atoms with E-state index in [1.807, 2.05) is 31.2 Å². The van der Waals surface area contributed by atoms with Gasteiger partial charge in [0.05, 0.1) is 23.5 Å². The van der Waals surface area contributed by atoms with Gasteiger partial charge in [-0.3, -0.25) is 4.79 Å². The Bertz CT molecular complexity index is 623. The third-order valence-electron chi connectivity index (χ3n) is 4.44. The number of H-pyrrole nitrogens is 1.